The Morgan fingerprint density at radius 2 is 1.61 bits per heavy atom. The molecule has 160 valence electrons. The van der Waals surface area contributed by atoms with Crippen LogP contribution in [0.5, 0.6) is 17.2 Å². The maximum absolute atomic E-state index is 12.4. The van der Waals surface area contributed by atoms with E-state index in [1.165, 1.54) is 0 Å². The molecule has 33 heavy (non-hydrogen) atoms. The Morgan fingerprint density at radius 1 is 1.00 bits per heavy atom. The standard InChI is InChI=1S/C26H19N2O3.Na.H2O/c1-27-20-7-12-25-24(17-20)26(13-14-28-25)31-23-10-5-19(6-11-23)16-21(29)15-18-3-8-22(30-2)9-4-18;;/h3-6,8-14,17H,15-16H2,2H3;;1H2/q-1;+1;/p-1. The van der Waals surface area contributed by atoms with Crippen LogP contribution in [0.2, 0.25) is 0 Å². The van der Waals surface area contributed by atoms with Gasteiger partial charge in [0, 0.05) is 19.0 Å². The molecule has 1 N–H and O–H groups in total. The van der Waals surface area contributed by atoms with Gasteiger partial charge in [0.05, 0.1) is 19.4 Å². The minimum absolute atomic E-state index is 0. The molecule has 0 bridgehead atoms. The van der Waals surface area contributed by atoms with Gasteiger partial charge in [-0.1, -0.05) is 29.7 Å². The van der Waals surface area contributed by atoms with E-state index in [1.54, 1.807) is 31.5 Å². The van der Waals surface area contributed by atoms with Gasteiger partial charge < -0.3 is 19.9 Å². The number of methoxy groups -OCH3 is 1. The second kappa shape index (κ2) is 12.1. The van der Waals surface area contributed by atoms with Crippen molar-refractivity contribution in [2.45, 2.75) is 12.8 Å². The molecular weight excluding hydrogens is 427 g/mol. The van der Waals surface area contributed by atoms with Crippen LogP contribution in [-0.2, 0) is 17.6 Å². The van der Waals surface area contributed by atoms with Crippen LogP contribution in [0, 0.1) is 12.6 Å². The molecule has 0 aliphatic rings. The molecule has 0 unspecified atom stereocenters. The second-order valence-electron chi connectivity index (χ2n) is 7.02. The van der Waals surface area contributed by atoms with Crippen molar-refractivity contribution >= 4 is 22.4 Å². The maximum Gasteiger partial charge on any atom is 1.00 e. The third-order valence-electron chi connectivity index (χ3n) is 4.85. The van der Waals surface area contributed by atoms with Crippen LogP contribution in [0.4, 0.5) is 5.69 Å². The van der Waals surface area contributed by atoms with Crippen molar-refractivity contribution in [1.82, 2.24) is 4.98 Å². The van der Waals surface area contributed by atoms with E-state index in [0.717, 1.165) is 22.3 Å². The van der Waals surface area contributed by atoms with Crippen LogP contribution in [0.3, 0.4) is 0 Å². The molecule has 0 radical (unpaired) electrons. The summed E-state index contributed by atoms with van der Waals surface area (Å²) in [6.45, 7) is 7.18. The van der Waals surface area contributed by atoms with E-state index in [0.29, 0.717) is 35.5 Å². The van der Waals surface area contributed by atoms with Gasteiger partial charge in [0.2, 0.25) is 0 Å². The third-order valence-corrected chi connectivity index (χ3v) is 4.85. The fourth-order valence-electron chi connectivity index (χ4n) is 3.27. The molecule has 0 aliphatic carbocycles. The number of hydrogen-bond donors (Lipinski definition) is 0. The average Bonchev–Trinajstić information content (AvgIpc) is 2.80. The van der Waals surface area contributed by atoms with E-state index in [2.05, 4.69) is 15.9 Å². The van der Waals surface area contributed by atoms with Crippen molar-refractivity contribution in [3.8, 4) is 17.2 Å². The van der Waals surface area contributed by atoms with E-state index in [4.69, 9.17) is 16.0 Å². The van der Waals surface area contributed by atoms with Crippen molar-refractivity contribution in [2.75, 3.05) is 7.11 Å². The van der Waals surface area contributed by atoms with Crippen molar-refractivity contribution in [3.63, 3.8) is 0 Å². The van der Waals surface area contributed by atoms with Gasteiger partial charge in [-0.05, 0) is 47.0 Å². The van der Waals surface area contributed by atoms with Crippen molar-refractivity contribution in [3.05, 3.63) is 102 Å². The molecule has 4 aromatic rings. The summed E-state index contributed by atoms with van der Waals surface area (Å²) in [7, 11) is 1.62. The Balaban J connectivity index is 0.00000193. The van der Waals surface area contributed by atoms with Gasteiger partial charge in [-0.2, -0.15) is 18.2 Å². The average molecular weight is 447 g/mol. The number of carbonyl (C=O) groups excluding carboxylic acids is 1. The summed E-state index contributed by atoms with van der Waals surface area (Å²) in [5.74, 6) is 2.18. The zero-order valence-electron chi connectivity index (χ0n) is 18.4. The van der Waals surface area contributed by atoms with E-state index in [1.807, 2.05) is 48.5 Å². The third kappa shape index (κ3) is 6.64. The molecule has 0 saturated carbocycles. The van der Waals surface area contributed by atoms with Crippen molar-refractivity contribution in [1.29, 1.82) is 0 Å². The van der Waals surface area contributed by atoms with E-state index in [-0.39, 0.29) is 40.8 Å². The summed E-state index contributed by atoms with van der Waals surface area (Å²) in [6.07, 6.45) is 2.40. The predicted molar refractivity (Wildman–Crippen MR) is 121 cm³/mol. The number of rotatable bonds is 7. The first-order valence-electron chi connectivity index (χ1n) is 9.74. The molecule has 0 spiro atoms. The Labute approximate surface area is 214 Å². The number of nitrogens with zero attached hydrogens (tertiary/aromatic N) is 2. The smallest absolute Gasteiger partial charge is 0.870 e. The largest absolute Gasteiger partial charge is 1.00 e. The Morgan fingerprint density at radius 3 is 2.18 bits per heavy atom. The topological polar surface area (TPSA) is 82.8 Å². The first kappa shape index (κ1) is 26.0. The van der Waals surface area contributed by atoms with Gasteiger partial charge in [-0.15, -0.1) is 0 Å². The van der Waals surface area contributed by atoms with Crippen LogP contribution >= 0.6 is 0 Å². The molecule has 0 atom stereocenters. The fourth-order valence-corrected chi connectivity index (χ4v) is 3.27. The summed E-state index contributed by atoms with van der Waals surface area (Å²) in [5.41, 5.74) is 3.02. The van der Waals surface area contributed by atoms with Gasteiger partial charge in [-0.25, -0.2) is 0 Å². The monoisotopic (exact) mass is 447 g/mol. The number of pyridine rings is 1. The molecule has 1 heterocycles. The second-order valence-corrected chi connectivity index (χ2v) is 7.02. The Bertz CT molecular complexity index is 1270. The molecule has 3 aromatic carbocycles. The molecule has 0 aliphatic heterocycles. The van der Waals surface area contributed by atoms with E-state index in [9.17, 15) is 4.79 Å². The number of benzene rings is 3. The molecule has 7 heteroatoms. The molecule has 4 rings (SSSR count). The molecule has 1 aromatic heterocycles. The van der Waals surface area contributed by atoms with Gasteiger partial charge >= 0.3 is 29.6 Å². The quantitative estimate of drug-likeness (QED) is 0.321. The number of ether oxygens (including phenoxy) is 2. The molecular formula is C26H20N2NaO4-. The first-order valence-corrected chi connectivity index (χ1v) is 9.74. The Hall–Kier alpha value is -3.21. The summed E-state index contributed by atoms with van der Waals surface area (Å²) < 4.78 is 11.2. The minimum atomic E-state index is 0. The number of hydrogen-bond acceptors (Lipinski definition) is 5. The normalized spacial score (nSPS) is 9.82. The van der Waals surface area contributed by atoms with Crippen LogP contribution in [0.1, 0.15) is 11.1 Å². The number of aromatic nitrogens is 1. The van der Waals surface area contributed by atoms with Gasteiger partial charge in [0.15, 0.2) is 0 Å². The van der Waals surface area contributed by atoms with Crippen LogP contribution < -0.4 is 39.0 Å². The van der Waals surface area contributed by atoms with Crippen LogP contribution in [-0.4, -0.2) is 23.4 Å². The summed E-state index contributed by atoms with van der Waals surface area (Å²) in [4.78, 5) is 20.1. The summed E-state index contributed by atoms with van der Waals surface area (Å²) >= 11 is 0. The van der Waals surface area contributed by atoms with Crippen LogP contribution in [0.25, 0.3) is 15.7 Å². The number of Topliss-reactive ketones (excluding diaryl/α,β-unsaturated/α-hetero) is 1. The predicted octanol–water partition coefficient (Wildman–Crippen LogP) is 2.57. The fraction of sp³-hybridized carbons (Fsp3) is 0.115. The maximum atomic E-state index is 12.4. The zero-order chi connectivity index (χ0) is 21.6. The number of carbonyl (C=O) groups is 1. The summed E-state index contributed by atoms with van der Waals surface area (Å²) in [6, 6.07) is 23.1. The minimum Gasteiger partial charge on any atom is -0.870 e. The SMILES string of the molecule is [C-]#[N+]c1[c-]cc2nccc(Oc3ccc(CC(=O)Cc4ccc(OC)cc4)cc3)c2c1.[Na+].[OH-]. The summed E-state index contributed by atoms with van der Waals surface area (Å²) in [5, 5.41) is 0.756. The Kier molecular flexibility index (Phi) is 9.58. The van der Waals surface area contributed by atoms with E-state index < -0.39 is 0 Å². The van der Waals surface area contributed by atoms with Gasteiger partial charge in [0.1, 0.15) is 23.0 Å². The number of fused-ring (bicyclic) bond motifs is 1. The van der Waals surface area contributed by atoms with Gasteiger partial charge in [-0.3, -0.25) is 9.64 Å². The van der Waals surface area contributed by atoms with Crippen LogP contribution in [0.15, 0.2) is 72.9 Å². The molecule has 0 amide bonds. The zero-order valence-corrected chi connectivity index (χ0v) is 20.4. The van der Waals surface area contributed by atoms with Gasteiger partial charge in [0.25, 0.3) is 0 Å². The number of ketones is 1. The van der Waals surface area contributed by atoms with Crippen molar-refractivity contribution in [2.24, 2.45) is 0 Å². The van der Waals surface area contributed by atoms with E-state index >= 15 is 0 Å². The van der Waals surface area contributed by atoms with Crippen molar-refractivity contribution < 1.29 is 49.3 Å². The first-order chi connectivity index (χ1) is 15.1. The molecule has 0 saturated heterocycles. The molecule has 6 nitrogen and oxygen atoms in total. The molecule has 0 fully saturated rings.